The number of aromatic carboxylic acids is 1. The molecule has 0 bridgehead atoms. The smallest absolute Gasteiger partial charge is 0.336 e. The number of benzene rings is 1. The number of rotatable bonds is 3. The van der Waals surface area contributed by atoms with Crippen LogP contribution < -0.4 is 0 Å². The molecule has 4 nitrogen and oxygen atoms in total. The molecule has 0 radical (unpaired) electrons. The van der Waals surface area contributed by atoms with Crippen molar-refractivity contribution >= 4 is 11.9 Å². The lowest BCUT2D eigenvalue weighted by Gasteiger charge is -2.20. The predicted octanol–water partition coefficient (Wildman–Crippen LogP) is 2.24. The van der Waals surface area contributed by atoms with E-state index >= 15 is 0 Å². The molecule has 1 aromatic rings. The highest BCUT2D eigenvalue weighted by Crippen LogP contribution is 2.29. The lowest BCUT2D eigenvalue weighted by Crippen LogP contribution is -2.31. The van der Waals surface area contributed by atoms with E-state index in [0.717, 1.165) is 18.4 Å². The van der Waals surface area contributed by atoms with Crippen molar-refractivity contribution in [3.05, 3.63) is 34.4 Å². The maximum Gasteiger partial charge on any atom is 0.336 e. The average molecular weight is 247 g/mol. The number of aryl methyl sites for hydroxylation is 2. The molecule has 18 heavy (non-hydrogen) atoms. The van der Waals surface area contributed by atoms with Gasteiger partial charge in [-0.2, -0.15) is 0 Å². The molecule has 1 aliphatic carbocycles. The molecule has 1 fully saturated rings. The molecule has 0 unspecified atom stereocenters. The van der Waals surface area contributed by atoms with Crippen molar-refractivity contribution < 1.29 is 14.7 Å². The summed E-state index contributed by atoms with van der Waals surface area (Å²) in [5, 5.41) is 9.29. The molecule has 1 aliphatic rings. The molecule has 0 saturated heterocycles. The van der Waals surface area contributed by atoms with Crippen LogP contribution in [0.5, 0.6) is 0 Å². The molecule has 4 heteroatoms. The largest absolute Gasteiger partial charge is 0.478 e. The summed E-state index contributed by atoms with van der Waals surface area (Å²) in [6.45, 7) is 3.50. The standard InChI is InChI=1S/C14H17NO3/c1-8-4-5-9(2)12(14(17)18)11(8)13(16)15(3)10-6-7-10/h4-5,10H,6-7H2,1-3H3,(H,17,18). The third-order valence-corrected chi connectivity index (χ3v) is 3.46. The minimum atomic E-state index is -1.04. The summed E-state index contributed by atoms with van der Waals surface area (Å²) in [6.07, 6.45) is 2.02. The molecule has 1 amide bonds. The highest BCUT2D eigenvalue weighted by atomic mass is 16.4. The predicted molar refractivity (Wildman–Crippen MR) is 68.0 cm³/mol. The van der Waals surface area contributed by atoms with Crippen molar-refractivity contribution in [1.29, 1.82) is 0 Å². The summed E-state index contributed by atoms with van der Waals surface area (Å²) in [5.41, 5.74) is 1.81. The number of hydrogen-bond acceptors (Lipinski definition) is 2. The van der Waals surface area contributed by atoms with Crippen molar-refractivity contribution in [3.63, 3.8) is 0 Å². The molecule has 2 rings (SSSR count). The number of hydrogen-bond donors (Lipinski definition) is 1. The highest BCUT2D eigenvalue weighted by Gasteiger charge is 2.32. The third-order valence-electron chi connectivity index (χ3n) is 3.46. The molecule has 0 spiro atoms. The minimum Gasteiger partial charge on any atom is -0.478 e. The summed E-state index contributed by atoms with van der Waals surface area (Å²) >= 11 is 0. The molecule has 0 aromatic heterocycles. The van der Waals surface area contributed by atoms with E-state index in [9.17, 15) is 14.7 Å². The molecular weight excluding hydrogens is 230 g/mol. The number of carbonyl (C=O) groups excluding carboxylic acids is 1. The fourth-order valence-corrected chi connectivity index (χ4v) is 2.17. The van der Waals surface area contributed by atoms with E-state index in [4.69, 9.17) is 0 Å². The highest BCUT2D eigenvalue weighted by molar-refractivity contribution is 6.06. The monoisotopic (exact) mass is 247 g/mol. The summed E-state index contributed by atoms with van der Waals surface area (Å²) in [7, 11) is 1.74. The number of amides is 1. The van der Waals surface area contributed by atoms with Crippen molar-refractivity contribution in [3.8, 4) is 0 Å². The van der Waals surface area contributed by atoms with E-state index in [1.807, 2.05) is 0 Å². The van der Waals surface area contributed by atoms with Gasteiger partial charge in [-0.3, -0.25) is 4.79 Å². The van der Waals surface area contributed by atoms with E-state index in [-0.39, 0.29) is 17.5 Å². The second-order valence-corrected chi connectivity index (χ2v) is 4.90. The van der Waals surface area contributed by atoms with Gasteiger partial charge in [0.15, 0.2) is 0 Å². The molecule has 1 saturated carbocycles. The van der Waals surface area contributed by atoms with E-state index < -0.39 is 5.97 Å². The van der Waals surface area contributed by atoms with Gasteiger partial charge in [0.05, 0.1) is 11.1 Å². The number of carbonyl (C=O) groups is 2. The fourth-order valence-electron chi connectivity index (χ4n) is 2.17. The number of nitrogens with zero attached hydrogens (tertiary/aromatic N) is 1. The van der Waals surface area contributed by atoms with E-state index in [1.165, 1.54) is 0 Å². The van der Waals surface area contributed by atoms with Crippen LogP contribution in [-0.2, 0) is 0 Å². The Bertz CT molecular complexity index is 518. The number of carboxylic acid groups (broad SMARTS) is 1. The summed E-state index contributed by atoms with van der Waals surface area (Å²) < 4.78 is 0. The minimum absolute atomic E-state index is 0.132. The van der Waals surface area contributed by atoms with Crippen LogP contribution in [-0.4, -0.2) is 35.0 Å². The van der Waals surface area contributed by atoms with Crippen LogP contribution in [0.4, 0.5) is 0 Å². The first kappa shape index (κ1) is 12.6. The van der Waals surface area contributed by atoms with Gasteiger partial charge >= 0.3 is 5.97 Å². The van der Waals surface area contributed by atoms with Crippen LogP contribution in [0, 0.1) is 13.8 Å². The molecule has 0 heterocycles. The summed E-state index contributed by atoms with van der Waals surface area (Å²) in [6, 6.07) is 3.82. The lowest BCUT2D eigenvalue weighted by molar-refractivity contribution is 0.0679. The van der Waals surface area contributed by atoms with E-state index in [0.29, 0.717) is 11.1 Å². The van der Waals surface area contributed by atoms with Crippen LogP contribution in [0.3, 0.4) is 0 Å². The first-order valence-corrected chi connectivity index (χ1v) is 6.04. The van der Waals surface area contributed by atoms with Crippen LogP contribution in [0.2, 0.25) is 0 Å². The maximum absolute atomic E-state index is 12.4. The van der Waals surface area contributed by atoms with Crippen LogP contribution in [0.15, 0.2) is 12.1 Å². The number of carboxylic acids is 1. The Morgan fingerprint density at radius 2 is 1.67 bits per heavy atom. The van der Waals surface area contributed by atoms with Crippen molar-refractivity contribution in [1.82, 2.24) is 4.90 Å². The normalized spacial score (nSPS) is 14.4. The summed E-state index contributed by atoms with van der Waals surface area (Å²) in [5.74, 6) is -1.22. The maximum atomic E-state index is 12.4. The van der Waals surface area contributed by atoms with Crippen molar-refractivity contribution in [2.24, 2.45) is 0 Å². The van der Waals surface area contributed by atoms with Crippen molar-refractivity contribution in [2.45, 2.75) is 32.7 Å². The van der Waals surface area contributed by atoms with E-state index in [2.05, 4.69) is 0 Å². The zero-order valence-corrected chi connectivity index (χ0v) is 10.9. The van der Waals surface area contributed by atoms with Crippen LogP contribution in [0.1, 0.15) is 44.7 Å². The third kappa shape index (κ3) is 2.10. The Hall–Kier alpha value is -1.84. The second-order valence-electron chi connectivity index (χ2n) is 4.90. The first-order chi connectivity index (χ1) is 8.43. The first-order valence-electron chi connectivity index (χ1n) is 6.04. The van der Waals surface area contributed by atoms with Crippen LogP contribution >= 0.6 is 0 Å². The average Bonchev–Trinajstić information content (AvgIpc) is 3.13. The Morgan fingerprint density at radius 1 is 1.17 bits per heavy atom. The molecular formula is C14H17NO3. The van der Waals surface area contributed by atoms with Gasteiger partial charge in [-0.1, -0.05) is 12.1 Å². The molecule has 0 atom stereocenters. The zero-order valence-electron chi connectivity index (χ0n) is 10.9. The fraction of sp³-hybridized carbons (Fsp3) is 0.429. The zero-order chi connectivity index (χ0) is 13.4. The molecule has 96 valence electrons. The van der Waals surface area contributed by atoms with Gasteiger partial charge in [-0.15, -0.1) is 0 Å². The van der Waals surface area contributed by atoms with Gasteiger partial charge in [-0.05, 0) is 37.8 Å². The quantitative estimate of drug-likeness (QED) is 0.891. The Balaban J connectivity index is 2.51. The van der Waals surface area contributed by atoms with E-state index in [1.54, 1.807) is 37.9 Å². The SMILES string of the molecule is Cc1ccc(C)c(C(=O)N(C)C2CC2)c1C(=O)O. The van der Waals surface area contributed by atoms with Gasteiger partial charge in [0.2, 0.25) is 0 Å². The Morgan fingerprint density at radius 3 is 2.11 bits per heavy atom. The van der Waals surface area contributed by atoms with Gasteiger partial charge < -0.3 is 10.0 Å². The topological polar surface area (TPSA) is 57.6 Å². The Kier molecular flexibility index (Phi) is 3.11. The molecule has 1 N–H and O–H groups in total. The molecule has 1 aromatic carbocycles. The van der Waals surface area contributed by atoms with Crippen LogP contribution in [0.25, 0.3) is 0 Å². The van der Waals surface area contributed by atoms with Gasteiger partial charge in [0, 0.05) is 13.1 Å². The van der Waals surface area contributed by atoms with Gasteiger partial charge in [-0.25, -0.2) is 4.79 Å². The van der Waals surface area contributed by atoms with Gasteiger partial charge in [0.1, 0.15) is 0 Å². The molecule has 0 aliphatic heterocycles. The summed E-state index contributed by atoms with van der Waals surface area (Å²) in [4.78, 5) is 25.4. The van der Waals surface area contributed by atoms with Crippen molar-refractivity contribution in [2.75, 3.05) is 7.05 Å². The lowest BCUT2D eigenvalue weighted by atomic mass is 9.96. The van der Waals surface area contributed by atoms with Gasteiger partial charge in [0.25, 0.3) is 5.91 Å². The Labute approximate surface area is 106 Å². The second kappa shape index (κ2) is 4.44.